The first-order valence-electron chi connectivity index (χ1n) is 8.04. The summed E-state index contributed by atoms with van der Waals surface area (Å²) in [7, 11) is -0.381. The Morgan fingerprint density at radius 3 is 2.65 bits per heavy atom. The van der Waals surface area contributed by atoms with Crippen molar-refractivity contribution in [3.63, 3.8) is 0 Å². The molecule has 0 spiro atoms. The minimum atomic E-state index is -3.17. The lowest BCUT2D eigenvalue weighted by atomic mass is 10.1. The minimum absolute atomic E-state index is 0.388. The van der Waals surface area contributed by atoms with Crippen molar-refractivity contribution in [3.8, 4) is 11.8 Å². The van der Waals surface area contributed by atoms with Gasteiger partial charge in [0.05, 0.1) is 13.4 Å². The molecule has 1 aromatic carbocycles. The van der Waals surface area contributed by atoms with Gasteiger partial charge in [0.1, 0.15) is 6.04 Å². The molecule has 8 heteroatoms. The Morgan fingerprint density at radius 1 is 1.35 bits per heavy atom. The fourth-order valence-electron chi connectivity index (χ4n) is 1.97. The molecule has 0 saturated heterocycles. The summed E-state index contributed by atoms with van der Waals surface area (Å²) in [5.74, 6) is 5.01. The topological polar surface area (TPSA) is 92.8 Å². The third-order valence-corrected chi connectivity index (χ3v) is 4.92. The number of rotatable bonds is 7. The van der Waals surface area contributed by atoms with Crippen LogP contribution < -0.4 is 5.32 Å². The molecule has 0 radical (unpaired) electrons. The molecule has 0 fully saturated rings. The van der Waals surface area contributed by atoms with E-state index in [9.17, 15) is 18.0 Å². The molecule has 1 rings (SSSR count). The molecule has 1 amide bonds. The van der Waals surface area contributed by atoms with Crippen molar-refractivity contribution < 1.29 is 22.7 Å². The average Bonchev–Trinajstić information content (AvgIpc) is 2.59. The van der Waals surface area contributed by atoms with Crippen molar-refractivity contribution in [3.05, 3.63) is 35.4 Å². The molecule has 1 aromatic rings. The van der Waals surface area contributed by atoms with E-state index in [2.05, 4.69) is 21.9 Å². The van der Waals surface area contributed by atoms with Crippen LogP contribution in [0, 0.1) is 11.8 Å². The van der Waals surface area contributed by atoms with Gasteiger partial charge in [-0.05, 0) is 31.5 Å². The quantitative estimate of drug-likeness (QED) is 0.433. The van der Waals surface area contributed by atoms with Gasteiger partial charge in [-0.1, -0.05) is 17.9 Å². The van der Waals surface area contributed by atoms with E-state index < -0.39 is 22.0 Å². The minimum Gasteiger partial charge on any atom is -0.467 e. The van der Waals surface area contributed by atoms with Crippen LogP contribution in [0.4, 0.5) is 0 Å². The Labute approximate surface area is 154 Å². The van der Waals surface area contributed by atoms with Gasteiger partial charge in [-0.2, -0.15) is 0 Å². The van der Waals surface area contributed by atoms with Crippen LogP contribution in [0.5, 0.6) is 0 Å². The molecular formula is C18H24N2O5S. The Bertz CT molecular complexity index is 808. The number of carbonyl (C=O) groups excluding carboxylic acids is 2. The number of methoxy groups -OCH3 is 1. The molecule has 7 nitrogen and oxygen atoms in total. The normalized spacial score (nSPS) is 12.0. The number of unbranched alkanes of at least 4 members (excludes halogenated alkanes) is 1. The summed E-state index contributed by atoms with van der Waals surface area (Å²) in [6, 6.07) is 6.00. The molecule has 0 aromatic heterocycles. The molecule has 0 saturated carbocycles. The third-order valence-electron chi connectivity index (χ3n) is 3.60. The van der Waals surface area contributed by atoms with Crippen LogP contribution in [0.1, 0.15) is 35.7 Å². The first kappa shape index (κ1) is 21.7. The number of carbonyl (C=O) groups is 2. The highest BCUT2D eigenvalue weighted by Crippen LogP contribution is 2.05. The zero-order valence-corrected chi connectivity index (χ0v) is 16.2. The van der Waals surface area contributed by atoms with Gasteiger partial charge in [0.15, 0.2) is 0 Å². The number of ether oxygens (including phenoxy) is 1. The number of benzene rings is 1. The largest absolute Gasteiger partial charge is 0.467 e. The van der Waals surface area contributed by atoms with Crippen LogP contribution in [-0.2, 0) is 19.6 Å². The maximum atomic E-state index is 12.1. The average molecular weight is 380 g/mol. The smallest absolute Gasteiger partial charge is 0.328 e. The zero-order valence-electron chi connectivity index (χ0n) is 15.4. The van der Waals surface area contributed by atoms with Gasteiger partial charge in [0, 0.05) is 31.1 Å². The fraction of sp³-hybridized carbons (Fsp3) is 0.444. The molecule has 1 N–H and O–H groups in total. The number of hydrogen-bond donors (Lipinski definition) is 1. The molecule has 0 aliphatic carbocycles. The van der Waals surface area contributed by atoms with Crippen LogP contribution >= 0.6 is 0 Å². The van der Waals surface area contributed by atoms with Gasteiger partial charge in [0.25, 0.3) is 5.91 Å². The van der Waals surface area contributed by atoms with E-state index in [0.717, 1.165) is 6.26 Å². The lowest BCUT2D eigenvalue weighted by Gasteiger charge is -2.12. The Kier molecular flexibility index (Phi) is 8.29. The van der Waals surface area contributed by atoms with Crippen molar-refractivity contribution in [1.82, 2.24) is 9.62 Å². The predicted molar refractivity (Wildman–Crippen MR) is 99.0 cm³/mol. The van der Waals surface area contributed by atoms with E-state index in [1.807, 2.05) is 0 Å². The van der Waals surface area contributed by atoms with Crippen LogP contribution in [0.3, 0.4) is 0 Å². The number of nitrogens with one attached hydrogen (secondary N) is 1. The Hall–Kier alpha value is -2.37. The van der Waals surface area contributed by atoms with Gasteiger partial charge in [-0.25, -0.2) is 17.5 Å². The van der Waals surface area contributed by atoms with E-state index >= 15 is 0 Å². The highest BCUT2D eigenvalue weighted by atomic mass is 32.2. The molecule has 1 unspecified atom stereocenters. The van der Waals surface area contributed by atoms with Crippen molar-refractivity contribution in [1.29, 1.82) is 0 Å². The van der Waals surface area contributed by atoms with Gasteiger partial charge < -0.3 is 10.1 Å². The van der Waals surface area contributed by atoms with Crippen molar-refractivity contribution in [2.24, 2.45) is 0 Å². The summed E-state index contributed by atoms with van der Waals surface area (Å²) in [6.07, 6.45) is 2.32. The van der Waals surface area contributed by atoms with Crippen LogP contribution in [0.25, 0.3) is 0 Å². The first-order valence-corrected chi connectivity index (χ1v) is 9.89. The molecule has 0 heterocycles. The number of sulfonamides is 1. The molecule has 26 heavy (non-hydrogen) atoms. The Morgan fingerprint density at radius 2 is 2.04 bits per heavy atom. The summed E-state index contributed by atoms with van der Waals surface area (Å²) in [4.78, 5) is 23.5. The van der Waals surface area contributed by atoms with E-state index in [4.69, 9.17) is 0 Å². The number of esters is 1. The summed E-state index contributed by atoms with van der Waals surface area (Å²) in [5, 5.41) is 2.55. The SMILES string of the molecule is COC(=O)C(C)NC(=O)c1cccc(C#CCCCN(C)S(C)(=O)=O)c1. The maximum Gasteiger partial charge on any atom is 0.328 e. The van der Waals surface area contributed by atoms with E-state index in [1.54, 1.807) is 31.2 Å². The third kappa shape index (κ3) is 7.25. The Balaban J connectivity index is 2.62. The van der Waals surface area contributed by atoms with E-state index in [0.29, 0.717) is 30.5 Å². The number of amides is 1. The predicted octanol–water partition coefficient (Wildman–Crippen LogP) is 1.00. The highest BCUT2D eigenvalue weighted by Gasteiger charge is 2.16. The maximum absolute atomic E-state index is 12.1. The van der Waals surface area contributed by atoms with Crippen molar-refractivity contribution in [2.75, 3.05) is 27.0 Å². The molecule has 142 valence electrons. The van der Waals surface area contributed by atoms with Crippen LogP contribution in [-0.4, -0.2) is 57.6 Å². The zero-order chi connectivity index (χ0) is 19.7. The lowest BCUT2D eigenvalue weighted by Crippen LogP contribution is -2.39. The van der Waals surface area contributed by atoms with Gasteiger partial charge in [0.2, 0.25) is 10.0 Å². The fourth-order valence-corrected chi connectivity index (χ4v) is 2.44. The van der Waals surface area contributed by atoms with Crippen molar-refractivity contribution >= 4 is 21.9 Å². The summed E-state index contributed by atoms with van der Waals surface area (Å²) in [6.45, 7) is 1.95. The second-order valence-corrected chi connectivity index (χ2v) is 7.88. The summed E-state index contributed by atoms with van der Waals surface area (Å²) < 4.78 is 28.4. The van der Waals surface area contributed by atoms with Crippen molar-refractivity contribution in [2.45, 2.75) is 25.8 Å². The van der Waals surface area contributed by atoms with Crippen LogP contribution in [0.2, 0.25) is 0 Å². The van der Waals surface area contributed by atoms with Gasteiger partial charge in [-0.15, -0.1) is 0 Å². The van der Waals surface area contributed by atoms with Gasteiger partial charge >= 0.3 is 5.97 Å². The number of hydrogen-bond acceptors (Lipinski definition) is 5. The molecule has 1 atom stereocenters. The number of nitrogens with zero attached hydrogens (tertiary/aromatic N) is 1. The van der Waals surface area contributed by atoms with E-state index in [1.165, 1.54) is 18.5 Å². The van der Waals surface area contributed by atoms with Gasteiger partial charge in [-0.3, -0.25) is 4.79 Å². The standard InChI is InChI=1S/C18H24N2O5S/c1-14(18(22)25-3)19-17(21)16-11-8-10-15(13-16)9-6-5-7-12-20(2)26(4,23)24/h8,10-11,13-14H,5,7,12H2,1-4H3,(H,19,21). The summed E-state index contributed by atoms with van der Waals surface area (Å²) >= 11 is 0. The monoisotopic (exact) mass is 380 g/mol. The highest BCUT2D eigenvalue weighted by molar-refractivity contribution is 7.88. The second kappa shape index (κ2) is 9.94. The summed E-state index contributed by atoms with van der Waals surface area (Å²) in [5.41, 5.74) is 1.06. The molecular weight excluding hydrogens is 356 g/mol. The molecule has 0 aliphatic rings. The van der Waals surface area contributed by atoms with Crippen LogP contribution in [0.15, 0.2) is 24.3 Å². The second-order valence-electron chi connectivity index (χ2n) is 5.79. The lowest BCUT2D eigenvalue weighted by molar-refractivity contribution is -0.142. The molecule has 0 aliphatic heterocycles. The first-order chi connectivity index (χ1) is 12.1. The van der Waals surface area contributed by atoms with E-state index in [-0.39, 0.29) is 5.91 Å². The molecule has 0 bridgehead atoms.